The molecule has 2 atom stereocenters. The predicted molar refractivity (Wildman–Crippen MR) is 73.1 cm³/mol. The Morgan fingerprint density at radius 3 is 2.55 bits per heavy atom. The van der Waals surface area contributed by atoms with Crippen molar-refractivity contribution in [1.82, 2.24) is 5.48 Å². The molecule has 0 heterocycles. The Morgan fingerprint density at radius 1 is 1.40 bits per heavy atom. The summed E-state index contributed by atoms with van der Waals surface area (Å²) in [6.07, 6.45) is 2.38. The smallest absolute Gasteiger partial charge is 0.431 e. The van der Waals surface area contributed by atoms with E-state index < -0.39 is 23.3 Å². The van der Waals surface area contributed by atoms with Crippen LogP contribution in [0.5, 0.6) is 0 Å². The SMILES string of the molecule is CC1CCCC(CC(=O)O)(ONC(=O)OC(C)(C)C)C1. The van der Waals surface area contributed by atoms with Crippen LogP contribution in [0.3, 0.4) is 0 Å². The molecule has 1 fully saturated rings. The maximum absolute atomic E-state index is 11.6. The van der Waals surface area contributed by atoms with Gasteiger partial charge in [0.2, 0.25) is 0 Å². The number of nitrogens with one attached hydrogen (secondary N) is 1. The molecule has 1 rings (SSSR count). The summed E-state index contributed by atoms with van der Waals surface area (Å²) in [6, 6.07) is 0. The second kappa shape index (κ2) is 6.43. The van der Waals surface area contributed by atoms with Gasteiger partial charge >= 0.3 is 12.1 Å². The van der Waals surface area contributed by atoms with Crippen molar-refractivity contribution in [2.75, 3.05) is 0 Å². The molecule has 1 aliphatic carbocycles. The number of hydroxylamine groups is 1. The fourth-order valence-electron chi connectivity index (χ4n) is 2.63. The Labute approximate surface area is 119 Å². The lowest BCUT2D eigenvalue weighted by atomic mass is 9.77. The summed E-state index contributed by atoms with van der Waals surface area (Å²) in [5.74, 6) is -0.548. The van der Waals surface area contributed by atoms with Gasteiger partial charge in [0.05, 0.1) is 6.42 Å². The van der Waals surface area contributed by atoms with Gasteiger partial charge in [0.1, 0.15) is 11.2 Å². The lowest BCUT2D eigenvalue weighted by Crippen LogP contribution is -2.46. The fraction of sp³-hybridized carbons (Fsp3) is 0.857. The van der Waals surface area contributed by atoms with E-state index in [0.29, 0.717) is 18.8 Å². The third-order valence-electron chi connectivity index (χ3n) is 3.27. The zero-order valence-electron chi connectivity index (χ0n) is 12.7. The second-order valence-corrected chi connectivity index (χ2v) is 6.66. The molecule has 116 valence electrons. The number of carbonyl (C=O) groups is 2. The van der Waals surface area contributed by atoms with Crippen molar-refractivity contribution >= 4 is 12.1 Å². The molecule has 0 radical (unpaired) electrons. The second-order valence-electron chi connectivity index (χ2n) is 6.66. The lowest BCUT2D eigenvalue weighted by Gasteiger charge is -2.38. The number of carboxylic acids is 1. The van der Waals surface area contributed by atoms with Crippen molar-refractivity contribution in [3.63, 3.8) is 0 Å². The molecule has 0 spiro atoms. The molecule has 0 aromatic carbocycles. The summed E-state index contributed by atoms with van der Waals surface area (Å²) in [6.45, 7) is 7.32. The third-order valence-corrected chi connectivity index (χ3v) is 3.27. The quantitative estimate of drug-likeness (QED) is 0.777. The standard InChI is InChI=1S/C14H25NO5/c1-10-6-5-7-14(8-10,9-11(16)17)20-15-12(18)19-13(2,3)4/h10H,5-9H2,1-4H3,(H,15,18)(H,16,17). The Kier molecular flexibility index (Phi) is 5.39. The zero-order valence-corrected chi connectivity index (χ0v) is 12.7. The van der Waals surface area contributed by atoms with Crippen LogP contribution in [-0.4, -0.2) is 28.4 Å². The molecule has 6 nitrogen and oxygen atoms in total. The van der Waals surface area contributed by atoms with Crippen molar-refractivity contribution in [2.45, 2.75) is 71.0 Å². The molecule has 1 aliphatic rings. The maximum Gasteiger partial charge on any atom is 0.431 e. The topological polar surface area (TPSA) is 84.9 Å². The first-order valence-electron chi connectivity index (χ1n) is 7.01. The summed E-state index contributed by atoms with van der Waals surface area (Å²) < 4.78 is 5.08. The van der Waals surface area contributed by atoms with E-state index in [4.69, 9.17) is 14.7 Å². The van der Waals surface area contributed by atoms with E-state index in [2.05, 4.69) is 12.4 Å². The number of rotatable bonds is 4. The van der Waals surface area contributed by atoms with Gasteiger partial charge < -0.3 is 9.84 Å². The minimum atomic E-state index is -0.926. The highest BCUT2D eigenvalue weighted by Crippen LogP contribution is 2.37. The van der Waals surface area contributed by atoms with Crippen molar-refractivity contribution < 1.29 is 24.3 Å². The minimum absolute atomic E-state index is 0.118. The molecule has 2 unspecified atom stereocenters. The molecule has 0 saturated heterocycles. The molecule has 20 heavy (non-hydrogen) atoms. The average Bonchev–Trinajstić information content (AvgIpc) is 2.23. The first kappa shape index (κ1) is 16.8. The Balaban J connectivity index is 2.61. The predicted octanol–water partition coefficient (Wildman–Crippen LogP) is 2.87. The Morgan fingerprint density at radius 2 is 2.05 bits per heavy atom. The van der Waals surface area contributed by atoms with Crippen molar-refractivity contribution in [1.29, 1.82) is 0 Å². The van der Waals surface area contributed by atoms with Crippen LogP contribution in [0.15, 0.2) is 0 Å². The summed E-state index contributed by atoms with van der Waals surface area (Å²) >= 11 is 0. The van der Waals surface area contributed by atoms with Gasteiger partial charge in [-0.1, -0.05) is 19.8 Å². The highest BCUT2D eigenvalue weighted by Gasteiger charge is 2.39. The van der Waals surface area contributed by atoms with Gasteiger partial charge in [-0.25, -0.2) is 4.79 Å². The van der Waals surface area contributed by atoms with E-state index in [1.54, 1.807) is 20.8 Å². The number of ether oxygens (including phenoxy) is 1. The molecule has 0 aromatic heterocycles. The summed E-state index contributed by atoms with van der Waals surface area (Å²) in [7, 11) is 0. The van der Waals surface area contributed by atoms with Crippen LogP contribution in [0.4, 0.5) is 4.79 Å². The number of carbonyl (C=O) groups excluding carboxylic acids is 1. The molecule has 0 aliphatic heterocycles. The van der Waals surface area contributed by atoms with E-state index >= 15 is 0 Å². The van der Waals surface area contributed by atoms with Gasteiger partial charge in [-0.05, 0) is 39.5 Å². The largest absolute Gasteiger partial charge is 0.481 e. The number of carboxylic acid groups (broad SMARTS) is 1. The minimum Gasteiger partial charge on any atom is -0.481 e. The zero-order chi connectivity index (χ0) is 15.4. The highest BCUT2D eigenvalue weighted by molar-refractivity contribution is 5.68. The van der Waals surface area contributed by atoms with Crippen molar-refractivity contribution in [2.24, 2.45) is 5.92 Å². The summed E-state index contributed by atoms with van der Waals surface area (Å²) in [4.78, 5) is 28.1. The van der Waals surface area contributed by atoms with Crippen LogP contribution in [0.25, 0.3) is 0 Å². The molecular weight excluding hydrogens is 262 g/mol. The first-order valence-corrected chi connectivity index (χ1v) is 7.01. The van der Waals surface area contributed by atoms with E-state index in [9.17, 15) is 9.59 Å². The normalized spacial score (nSPS) is 26.9. The monoisotopic (exact) mass is 287 g/mol. The highest BCUT2D eigenvalue weighted by atomic mass is 16.7. The number of aliphatic carboxylic acids is 1. The van der Waals surface area contributed by atoms with Crippen LogP contribution in [-0.2, 0) is 14.4 Å². The van der Waals surface area contributed by atoms with E-state index in [1.807, 2.05) is 0 Å². The molecule has 2 N–H and O–H groups in total. The van der Waals surface area contributed by atoms with E-state index in [-0.39, 0.29) is 6.42 Å². The maximum atomic E-state index is 11.6. The summed E-state index contributed by atoms with van der Waals surface area (Å²) in [5.41, 5.74) is 0.800. The lowest BCUT2D eigenvalue weighted by molar-refractivity contribution is -0.161. The molecule has 0 aromatic rings. The van der Waals surface area contributed by atoms with Gasteiger partial charge in [0.15, 0.2) is 0 Å². The van der Waals surface area contributed by atoms with Crippen LogP contribution in [0.2, 0.25) is 0 Å². The van der Waals surface area contributed by atoms with Crippen LogP contribution >= 0.6 is 0 Å². The summed E-state index contributed by atoms with van der Waals surface area (Å²) in [5, 5.41) is 9.04. The van der Waals surface area contributed by atoms with Crippen LogP contribution in [0.1, 0.15) is 59.8 Å². The third kappa shape index (κ3) is 5.77. The average molecular weight is 287 g/mol. The number of hydrogen-bond donors (Lipinski definition) is 2. The van der Waals surface area contributed by atoms with Gasteiger partial charge in [-0.15, -0.1) is 0 Å². The Hall–Kier alpha value is -1.30. The molecule has 1 saturated carbocycles. The number of amides is 1. The molecule has 1 amide bonds. The van der Waals surface area contributed by atoms with Gasteiger partial charge in [-0.3, -0.25) is 9.63 Å². The van der Waals surface area contributed by atoms with Crippen molar-refractivity contribution in [3.8, 4) is 0 Å². The van der Waals surface area contributed by atoms with Gasteiger partial charge in [0, 0.05) is 0 Å². The molecule has 6 heteroatoms. The van der Waals surface area contributed by atoms with E-state index in [0.717, 1.165) is 12.8 Å². The fourth-order valence-corrected chi connectivity index (χ4v) is 2.63. The van der Waals surface area contributed by atoms with E-state index in [1.165, 1.54) is 0 Å². The van der Waals surface area contributed by atoms with Crippen LogP contribution < -0.4 is 5.48 Å². The number of hydrogen-bond acceptors (Lipinski definition) is 4. The molecule has 0 bridgehead atoms. The van der Waals surface area contributed by atoms with Crippen LogP contribution in [0, 0.1) is 5.92 Å². The van der Waals surface area contributed by atoms with Gasteiger partial charge in [-0.2, -0.15) is 5.48 Å². The van der Waals surface area contributed by atoms with Gasteiger partial charge in [0.25, 0.3) is 0 Å². The van der Waals surface area contributed by atoms with Crippen molar-refractivity contribution in [3.05, 3.63) is 0 Å². The molecular formula is C14H25NO5. The first-order chi connectivity index (χ1) is 9.12. The Bertz CT molecular complexity index is 363.